The Bertz CT molecular complexity index is 1490. The number of hydrogen-bond acceptors (Lipinski definition) is 8. The molecule has 1 atom stereocenters. The minimum atomic E-state index is -1.51. The quantitative estimate of drug-likeness (QED) is 0.302. The Hall–Kier alpha value is -2.43. The molecule has 0 saturated carbocycles. The summed E-state index contributed by atoms with van der Waals surface area (Å²) in [7, 11) is 3.28. The number of fused-ring (bicyclic) bond motifs is 1. The summed E-state index contributed by atoms with van der Waals surface area (Å²) < 4.78 is 12.7. The number of rotatable bonds is 5. The molecule has 5 nitrogen and oxygen atoms in total. The van der Waals surface area contributed by atoms with Gasteiger partial charge in [-0.15, -0.1) is 47.0 Å². The van der Waals surface area contributed by atoms with Gasteiger partial charge < -0.3 is 19.6 Å². The Morgan fingerprint density at radius 3 is 2.00 bits per heavy atom. The molecule has 39 heavy (non-hydrogen) atoms. The first-order valence-corrected chi connectivity index (χ1v) is 16.4. The van der Waals surface area contributed by atoms with Crippen molar-refractivity contribution in [3.05, 3.63) is 97.2 Å². The maximum atomic E-state index is 14.5. The lowest BCUT2D eigenvalue weighted by Crippen LogP contribution is -2.36. The zero-order valence-corrected chi connectivity index (χ0v) is 24.8. The molecule has 1 unspecified atom stereocenters. The molecule has 2 aromatic carbocycles. The first-order chi connectivity index (χ1) is 19.0. The molecule has 0 amide bonds. The number of H-pyrrole nitrogens is 1. The van der Waals surface area contributed by atoms with Crippen LogP contribution in [0.3, 0.4) is 0 Å². The normalized spacial score (nSPS) is 21.3. The molecule has 0 radical (unpaired) electrons. The van der Waals surface area contributed by atoms with Gasteiger partial charge in [0.05, 0.1) is 35.3 Å². The molecular weight excluding hydrogens is 567 g/mol. The molecule has 3 heterocycles. The number of ketones is 1. The number of nitrogens with one attached hydrogen (secondary N) is 1. The van der Waals surface area contributed by atoms with Gasteiger partial charge in [0.1, 0.15) is 11.5 Å². The van der Waals surface area contributed by atoms with Crippen LogP contribution in [0, 0.1) is 0 Å². The van der Waals surface area contributed by atoms with Gasteiger partial charge in [-0.05, 0) is 41.5 Å². The van der Waals surface area contributed by atoms with Crippen LogP contribution in [0.1, 0.15) is 21.6 Å². The molecule has 6 rings (SSSR count). The first-order valence-electron chi connectivity index (χ1n) is 12.5. The summed E-state index contributed by atoms with van der Waals surface area (Å²) in [5.74, 6) is 5.29. The molecule has 2 fully saturated rings. The molecule has 0 bridgehead atoms. The van der Waals surface area contributed by atoms with Crippen molar-refractivity contribution >= 4 is 58.9 Å². The summed E-state index contributed by atoms with van der Waals surface area (Å²) in [5.41, 5.74) is 3.46. The highest BCUT2D eigenvalue weighted by atomic mass is 32.2. The summed E-state index contributed by atoms with van der Waals surface area (Å²) in [6.45, 7) is 0. The molecule has 2 aliphatic heterocycles. The Labute approximate surface area is 244 Å². The van der Waals surface area contributed by atoms with Crippen LogP contribution in [0.4, 0.5) is 0 Å². The second-order valence-corrected chi connectivity index (χ2v) is 14.0. The largest absolute Gasteiger partial charge is 0.497 e. The van der Waals surface area contributed by atoms with Gasteiger partial charge in [0, 0.05) is 44.6 Å². The van der Waals surface area contributed by atoms with Crippen LogP contribution in [-0.2, 0) is 5.60 Å². The number of methoxy groups -OCH3 is 2. The number of carbonyl (C=O) groups is 1. The molecule has 0 spiro atoms. The molecule has 1 aliphatic carbocycles. The first kappa shape index (κ1) is 26.8. The number of carbonyl (C=O) groups excluding carboxylic acids is 1. The molecule has 3 aliphatic rings. The number of thioether (sulfide) groups is 4. The van der Waals surface area contributed by atoms with Gasteiger partial charge in [0.2, 0.25) is 0 Å². The van der Waals surface area contributed by atoms with E-state index < -0.39 is 5.60 Å². The van der Waals surface area contributed by atoms with Gasteiger partial charge in [-0.2, -0.15) is 0 Å². The van der Waals surface area contributed by atoms with Crippen LogP contribution in [0.2, 0.25) is 0 Å². The fourth-order valence-electron chi connectivity index (χ4n) is 4.97. The minimum Gasteiger partial charge on any atom is -0.497 e. The van der Waals surface area contributed by atoms with E-state index in [1.165, 1.54) is 0 Å². The average Bonchev–Trinajstić information content (AvgIpc) is 3.77. The highest BCUT2D eigenvalue weighted by Crippen LogP contribution is 2.56. The van der Waals surface area contributed by atoms with E-state index in [-0.39, 0.29) is 5.78 Å². The van der Waals surface area contributed by atoms with E-state index >= 15 is 0 Å². The Morgan fingerprint density at radius 2 is 1.41 bits per heavy atom. The molecule has 1 aromatic heterocycles. The number of ether oxygens (including phenoxy) is 2. The third-order valence-corrected chi connectivity index (χ3v) is 12.3. The van der Waals surface area contributed by atoms with E-state index in [1.807, 2.05) is 66.9 Å². The average molecular weight is 594 g/mol. The van der Waals surface area contributed by atoms with E-state index in [0.717, 1.165) is 59.7 Å². The van der Waals surface area contributed by atoms with Crippen molar-refractivity contribution in [1.29, 1.82) is 0 Å². The third-order valence-electron chi connectivity index (χ3n) is 6.89. The summed E-state index contributed by atoms with van der Waals surface area (Å²) in [4.78, 5) is 17.8. The van der Waals surface area contributed by atoms with Crippen molar-refractivity contribution in [2.75, 3.05) is 37.2 Å². The van der Waals surface area contributed by atoms with Crippen LogP contribution in [0.15, 0.2) is 80.4 Å². The fourth-order valence-corrected chi connectivity index (χ4v) is 10.2. The van der Waals surface area contributed by atoms with Gasteiger partial charge in [-0.25, -0.2) is 0 Å². The zero-order valence-electron chi connectivity index (χ0n) is 21.5. The summed E-state index contributed by atoms with van der Waals surface area (Å²) in [6.07, 6.45) is 5.60. The predicted octanol–water partition coefficient (Wildman–Crippen LogP) is 7.18. The van der Waals surface area contributed by atoms with E-state index in [9.17, 15) is 9.90 Å². The maximum Gasteiger partial charge on any atom is 0.197 e. The van der Waals surface area contributed by atoms with E-state index in [1.54, 1.807) is 61.3 Å². The van der Waals surface area contributed by atoms with E-state index in [0.29, 0.717) is 22.4 Å². The monoisotopic (exact) mass is 593 g/mol. The highest BCUT2D eigenvalue weighted by molar-refractivity contribution is 8.25. The predicted molar refractivity (Wildman–Crippen MR) is 167 cm³/mol. The summed E-state index contributed by atoms with van der Waals surface area (Å²) in [5, 5.41) is 12.7. The van der Waals surface area contributed by atoms with Crippen LogP contribution in [0.25, 0.3) is 17.2 Å². The molecule has 2 N–H and O–H groups in total. The molecule has 9 heteroatoms. The fraction of sp³-hybridized carbons (Fsp3) is 0.233. The van der Waals surface area contributed by atoms with Crippen molar-refractivity contribution in [2.24, 2.45) is 0 Å². The van der Waals surface area contributed by atoms with E-state index in [2.05, 4.69) is 4.98 Å². The molecule has 200 valence electrons. The lowest BCUT2D eigenvalue weighted by atomic mass is 9.75. The lowest BCUT2D eigenvalue weighted by Gasteiger charge is -2.35. The van der Waals surface area contributed by atoms with Crippen molar-refractivity contribution in [3.8, 4) is 22.6 Å². The van der Waals surface area contributed by atoms with E-state index in [4.69, 9.17) is 9.47 Å². The van der Waals surface area contributed by atoms with Crippen LogP contribution in [-0.4, -0.2) is 53.1 Å². The van der Waals surface area contributed by atoms with Crippen molar-refractivity contribution in [2.45, 2.75) is 5.60 Å². The van der Waals surface area contributed by atoms with Crippen LogP contribution >= 0.6 is 47.0 Å². The lowest BCUT2D eigenvalue weighted by molar-refractivity contribution is 0.0944. The second kappa shape index (κ2) is 11.2. The Kier molecular flexibility index (Phi) is 7.70. The van der Waals surface area contributed by atoms with Crippen LogP contribution < -0.4 is 9.47 Å². The number of Topliss-reactive ketones (excluding diaryl/α,β-unsaturated/α-hetero) is 1. The van der Waals surface area contributed by atoms with Gasteiger partial charge in [0.15, 0.2) is 11.4 Å². The molecular formula is C30H27NO4S4. The van der Waals surface area contributed by atoms with Gasteiger partial charge in [-0.1, -0.05) is 30.3 Å². The Balaban J connectivity index is 1.58. The topological polar surface area (TPSA) is 71.6 Å². The maximum absolute atomic E-state index is 14.5. The van der Waals surface area contributed by atoms with Gasteiger partial charge in [-0.3, -0.25) is 4.79 Å². The SMILES string of the molecule is COc1ccc(/C=C/C2(O)C(=C3SCCS3)C(=C3SCCS3)C(=O)c3c(-c4ccc(OC)cc4)c[nH]c32)cc1. The minimum absolute atomic E-state index is 0.0351. The Morgan fingerprint density at radius 1 is 0.846 bits per heavy atom. The summed E-state index contributed by atoms with van der Waals surface area (Å²) >= 11 is 6.87. The molecule has 2 saturated heterocycles. The smallest absolute Gasteiger partial charge is 0.197 e. The summed E-state index contributed by atoms with van der Waals surface area (Å²) in [6, 6.07) is 15.4. The third kappa shape index (κ3) is 4.89. The number of hydrogen-bond donors (Lipinski definition) is 2. The zero-order chi connectivity index (χ0) is 27.0. The standard InChI is InChI=1S/C30H27NO4S4/c1-34-20-7-3-18(4-8-20)11-12-30(33)25(29-38-15-16-39-29)24(28-36-13-14-37-28)26(32)23-22(17-31-27(23)30)19-5-9-21(35-2)10-6-19/h3-12,17,31,33H,13-16H2,1-2H3/b12-11+. The second-order valence-electron chi connectivity index (χ2n) is 9.10. The van der Waals surface area contributed by atoms with Crippen molar-refractivity contribution < 1.29 is 19.4 Å². The van der Waals surface area contributed by atoms with Crippen molar-refractivity contribution in [3.63, 3.8) is 0 Å². The highest BCUT2D eigenvalue weighted by Gasteiger charge is 2.49. The number of benzene rings is 2. The van der Waals surface area contributed by atoms with Gasteiger partial charge >= 0.3 is 0 Å². The number of aliphatic hydroxyl groups is 1. The number of aromatic amines is 1. The van der Waals surface area contributed by atoms with Gasteiger partial charge in [0.25, 0.3) is 0 Å². The van der Waals surface area contributed by atoms with Crippen LogP contribution in [0.5, 0.6) is 11.5 Å². The van der Waals surface area contributed by atoms with Crippen molar-refractivity contribution in [1.82, 2.24) is 4.98 Å². The molecule has 3 aromatic rings. The number of aromatic nitrogens is 1.